The summed E-state index contributed by atoms with van der Waals surface area (Å²) in [6.07, 6.45) is 2.43. The van der Waals surface area contributed by atoms with Gasteiger partial charge in [-0.1, -0.05) is 0 Å². The van der Waals surface area contributed by atoms with Crippen molar-refractivity contribution >= 4 is 17.2 Å². The summed E-state index contributed by atoms with van der Waals surface area (Å²) >= 11 is 1.41. The summed E-state index contributed by atoms with van der Waals surface area (Å²) in [5, 5.41) is 11.2. The molecule has 0 aliphatic heterocycles. The Morgan fingerprint density at radius 2 is 2.50 bits per heavy atom. The quantitative estimate of drug-likeness (QED) is 0.877. The molecular formula is C12H16N4OS. The molecule has 0 radical (unpaired) electrons. The number of thiazole rings is 1. The monoisotopic (exact) mass is 264 g/mol. The first-order valence-electron chi connectivity index (χ1n) is 6.02. The summed E-state index contributed by atoms with van der Waals surface area (Å²) in [4.78, 5) is 18.3. The van der Waals surface area contributed by atoms with Gasteiger partial charge in [0.1, 0.15) is 10.7 Å². The Hall–Kier alpha value is -1.45. The van der Waals surface area contributed by atoms with Gasteiger partial charge in [-0.2, -0.15) is 5.26 Å². The van der Waals surface area contributed by atoms with E-state index in [-0.39, 0.29) is 11.9 Å². The molecule has 18 heavy (non-hydrogen) atoms. The van der Waals surface area contributed by atoms with Gasteiger partial charge < -0.3 is 10.6 Å². The van der Waals surface area contributed by atoms with Crippen molar-refractivity contribution in [2.24, 2.45) is 5.73 Å². The molecule has 1 atom stereocenters. The van der Waals surface area contributed by atoms with Crippen molar-refractivity contribution in [2.75, 3.05) is 6.54 Å². The van der Waals surface area contributed by atoms with E-state index in [1.54, 1.807) is 10.3 Å². The smallest absolute Gasteiger partial charge is 0.273 e. The van der Waals surface area contributed by atoms with Crippen LogP contribution < -0.4 is 5.73 Å². The van der Waals surface area contributed by atoms with Gasteiger partial charge in [-0.25, -0.2) is 4.98 Å². The molecule has 96 valence electrons. The van der Waals surface area contributed by atoms with Crippen LogP contribution in [0.25, 0.3) is 0 Å². The number of hydrogen-bond donors (Lipinski definition) is 1. The molecule has 2 N–H and O–H groups in total. The molecule has 1 aromatic heterocycles. The Kier molecular flexibility index (Phi) is 3.94. The van der Waals surface area contributed by atoms with Gasteiger partial charge in [0.15, 0.2) is 0 Å². The number of hydrogen-bond acceptors (Lipinski definition) is 5. The SMILES string of the molecule is CC(N)c1nc(C(=O)N(CCC#N)C2CC2)cs1. The average Bonchev–Trinajstić information content (AvgIpc) is 3.05. The van der Waals surface area contributed by atoms with E-state index in [0.29, 0.717) is 24.7 Å². The lowest BCUT2D eigenvalue weighted by Crippen LogP contribution is -2.34. The standard InChI is InChI=1S/C12H16N4OS/c1-8(14)11-15-10(7-18-11)12(17)16(6-2-5-13)9-3-4-9/h7-9H,2-4,6,14H2,1H3. The largest absolute Gasteiger partial charge is 0.333 e. The molecule has 5 nitrogen and oxygen atoms in total. The zero-order valence-electron chi connectivity index (χ0n) is 10.3. The molecule has 0 aromatic carbocycles. The summed E-state index contributed by atoms with van der Waals surface area (Å²) in [6.45, 7) is 2.34. The fraction of sp³-hybridized carbons (Fsp3) is 0.583. The molecule has 1 aromatic rings. The van der Waals surface area contributed by atoms with Crippen LogP contribution in [0.15, 0.2) is 5.38 Å². The van der Waals surface area contributed by atoms with Crippen molar-refractivity contribution in [1.82, 2.24) is 9.88 Å². The second-order valence-corrected chi connectivity index (χ2v) is 5.39. The Morgan fingerprint density at radius 1 is 1.78 bits per heavy atom. The lowest BCUT2D eigenvalue weighted by Gasteiger charge is -2.19. The van der Waals surface area contributed by atoms with Gasteiger partial charge in [0.05, 0.1) is 18.5 Å². The molecule has 1 aliphatic rings. The minimum atomic E-state index is -0.148. The lowest BCUT2D eigenvalue weighted by molar-refractivity contribution is 0.0741. The molecule has 1 aliphatic carbocycles. The first-order chi connectivity index (χ1) is 8.63. The minimum absolute atomic E-state index is 0.0732. The highest BCUT2D eigenvalue weighted by molar-refractivity contribution is 7.09. The third kappa shape index (κ3) is 2.86. The van der Waals surface area contributed by atoms with Crippen molar-refractivity contribution in [3.05, 3.63) is 16.1 Å². The summed E-state index contributed by atoms with van der Waals surface area (Å²) in [7, 11) is 0. The van der Waals surface area contributed by atoms with E-state index in [0.717, 1.165) is 17.8 Å². The highest BCUT2D eigenvalue weighted by Gasteiger charge is 2.33. The minimum Gasteiger partial charge on any atom is -0.333 e. The normalized spacial score (nSPS) is 16.1. The molecular weight excluding hydrogens is 248 g/mol. The molecule has 0 saturated heterocycles. The molecule has 6 heteroatoms. The first kappa shape index (κ1) is 13.0. The number of nitrogens with zero attached hydrogens (tertiary/aromatic N) is 3. The van der Waals surface area contributed by atoms with Crippen LogP contribution >= 0.6 is 11.3 Å². The van der Waals surface area contributed by atoms with Gasteiger partial charge in [0.2, 0.25) is 0 Å². The first-order valence-corrected chi connectivity index (χ1v) is 6.90. The number of rotatable bonds is 5. The third-order valence-electron chi connectivity index (χ3n) is 2.84. The number of aromatic nitrogens is 1. The predicted octanol–water partition coefficient (Wildman–Crippen LogP) is 1.68. The molecule has 1 fully saturated rings. The summed E-state index contributed by atoms with van der Waals surface area (Å²) in [5.74, 6) is -0.0732. The number of carbonyl (C=O) groups excluding carboxylic acids is 1. The molecule has 1 amide bonds. The molecule has 1 unspecified atom stereocenters. The predicted molar refractivity (Wildman–Crippen MR) is 69.0 cm³/mol. The molecule has 1 saturated carbocycles. The second kappa shape index (κ2) is 5.46. The van der Waals surface area contributed by atoms with E-state index in [1.165, 1.54) is 11.3 Å². The van der Waals surface area contributed by atoms with Crippen molar-refractivity contribution in [3.8, 4) is 6.07 Å². The summed E-state index contributed by atoms with van der Waals surface area (Å²) in [5.41, 5.74) is 6.19. The van der Waals surface area contributed by atoms with Crippen LogP contribution in [-0.2, 0) is 0 Å². The molecule has 2 rings (SSSR count). The zero-order valence-corrected chi connectivity index (χ0v) is 11.1. The van der Waals surface area contributed by atoms with E-state index in [2.05, 4.69) is 11.1 Å². The van der Waals surface area contributed by atoms with E-state index < -0.39 is 0 Å². The maximum Gasteiger partial charge on any atom is 0.273 e. The van der Waals surface area contributed by atoms with Crippen LogP contribution in [0.3, 0.4) is 0 Å². The average molecular weight is 264 g/mol. The Morgan fingerprint density at radius 3 is 3.00 bits per heavy atom. The van der Waals surface area contributed by atoms with Crippen LogP contribution in [-0.4, -0.2) is 28.4 Å². The van der Waals surface area contributed by atoms with Crippen LogP contribution in [0, 0.1) is 11.3 Å². The maximum atomic E-state index is 12.3. The fourth-order valence-corrected chi connectivity index (χ4v) is 2.50. The Balaban J connectivity index is 2.09. The van der Waals surface area contributed by atoms with E-state index in [4.69, 9.17) is 11.0 Å². The van der Waals surface area contributed by atoms with Crippen molar-refractivity contribution in [3.63, 3.8) is 0 Å². The van der Waals surface area contributed by atoms with Gasteiger partial charge >= 0.3 is 0 Å². The van der Waals surface area contributed by atoms with Crippen LogP contribution in [0.5, 0.6) is 0 Å². The van der Waals surface area contributed by atoms with E-state index >= 15 is 0 Å². The van der Waals surface area contributed by atoms with Crippen LogP contribution in [0.2, 0.25) is 0 Å². The van der Waals surface area contributed by atoms with Crippen LogP contribution in [0.4, 0.5) is 0 Å². The van der Waals surface area contributed by atoms with Crippen molar-refractivity contribution < 1.29 is 4.79 Å². The number of nitrogens with two attached hydrogens (primary N) is 1. The summed E-state index contributed by atoms with van der Waals surface area (Å²) in [6, 6.07) is 2.23. The highest BCUT2D eigenvalue weighted by atomic mass is 32.1. The third-order valence-corrected chi connectivity index (χ3v) is 3.89. The van der Waals surface area contributed by atoms with Gasteiger partial charge in [-0.15, -0.1) is 11.3 Å². The number of amides is 1. The topological polar surface area (TPSA) is 83.0 Å². The van der Waals surface area contributed by atoms with Gasteiger partial charge in [0.25, 0.3) is 5.91 Å². The highest BCUT2D eigenvalue weighted by Crippen LogP contribution is 2.29. The van der Waals surface area contributed by atoms with Gasteiger partial charge in [0, 0.05) is 18.0 Å². The Labute approximate surface area is 110 Å². The maximum absolute atomic E-state index is 12.3. The fourth-order valence-electron chi connectivity index (χ4n) is 1.75. The molecule has 0 spiro atoms. The Bertz CT molecular complexity index is 473. The van der Waals surface area contributed by atoms with E-state index in [9.17, 15) is 4.79 Å². The van der Waals surface area contributed by atoms with Gasteiger partial charge in [-0.05, 0) is 19.8 Å². The van der Waals surface area contributed by atoms with E-state index in [1.807, 2.05) is 6.92 Å². The van der Waals surface area contributed by atoms with Crippen molar-refractivity contribution in [2.45, 2.75) is 38.3 Å². The molecule has 1 heterocycles. The van der Waals surface area contributed by atoms with Gasteiger partial charge in [-0.3, -0.25) is 4.79 Å². The summed E-state index contributed by atoms with van der Waals surface area (Å²) < 4.78 is 0. The number of carbonyl (C=O) groups is 1. The number of nitriles is 1. The van der Waals surface area contributed by atoms with Crippen molar-refractivity contribution in [1.29, 1.82) is 5.26 Å². The second-order valence-electron chi connectivity index (χ2n) is 4.50. The zero-order chi connectivity index (χ0) is 13.1. The lowest BCUT2D eigenvalue weighted by atomic mass is 10.3. The van der Waals surface area contributed by atoms with Crippen LogP contribution in [0.1, 0.15) is 47.7 Å². The molecule has 0 bridgehead atoms.